The Kier molecular flexibility index (Phi) is 3.63. The number of aryl methyl sites for hydroxylation is 2. The number of nitrogens with one attached hydrogen (secondary N) is 2. The largest absolute Gasteiger partial charge is 0.378 e. The van der Waals surface area contributed by atoms with Crippen molar-refractivity contribution in [3.8, 4) is 0 Å². The van der Waals surface area contributed by atoms with E-state index < -0.39 is 0 Å². The summed E-state index contributed by atoms with van der Waals surface area (Å²) in [5.41, 5.74) is 4.24. The summed E-state index contributed by atoms with van der Waals surface area (Å²) in [5, 5.41) is 6.32. The summed E-state index contributed by atoms with van der Waals surface area (Å²) in [5.74, 6) is 0.0743. The van der Waals surface area contributed by atoms with Gasteiger partial charge in [-0.25, -0.2) is 4.98 Å². The van der Waals surface area contributed by atoms with E-state index in [-0.39, 0.29) is 5.91 Å². The van der Waals surface area contributed by atoms with Crippen molar-refractivity contribution in [2.45, 2.75) is 26.3 Å². The maximum Gasteiger partial charge on any atom is 0.224 e. The molecule has 4 nitrogen and oxygen atoms in total. The molecule has 2 heterocycles. The summed E-state index contributed by atoms with van der Waals surface area (Å²) >= 11 is 7.28. The predicted octanol–water partition coefficient (Wildman–Crippen LogP) is 3.60. The molecule has 0 unspecified atom stereocenters. The van der Waals surface area contributed by atoms with Crippen molar-refractivity contribution in [2.75, 3.05) is 10.6 Å². The van der Waals surface area contributed by atoms with E-state index in [9.17, 15) is 4.79 Å². The van der Waals surface area contributed by atoms with Gasteiger partial charge in [0.25, 0.3) is 0 Å². The Balaban J connectivity index is 1.85. The SMILES string of the molecule is Cc1cc2c(c(NCc3cnc(Cl)s3)c1)NC(=O)CC2. The number of halogens is 1. The highest BCUT2D eigenvalue weighted by molar-refractivity contribution is 7.15. The van der Waals surface area contributed by atoms with Gasteiger partial charge < -0.3 is 10.6 Å². The van der Waals surface area contributed by atoms with Crippen LogP contribution in [0.15, 0.2) is 18.3 Å². The first-order chi connectivity index (χ1) is 9.61. The summed E-state index contributed by atoms with van der Waals surface area (Å²) < 4.78 is 0.543. The van der Waals surface area contributed by atoms with Crippen molar-refractivity contribution in [1.82, 2.24) is 4.98 Å². The van der Waals surface area contributed by atoms with Crippen LogP contribution in [0.5, 0.6) is 0 Å². The average molecular weight is 308 g/mol. The molecule has 0 fully saturated rings. The first-order valence-electron chi connectivity index (χ1n) is 6.39. The van der Waals surface area contributed by atoms with Gasteiger partial charge in [0, 0.05) is 17.5 Å². The number of thiazole rings is 1. The number of carbonyl (C=O) groups is 1. The number of fused-ring (bicyclic) bond motifs is 1. The van der Waals surface area contributed by atoms with Crippen LogP contribution in [0.1, 0.15) is 22.4 Å². The molecule has 1 aromatic heterocycles. The fourth-order valence-corrected chi connectivity index (χ4v) is 3.26. The summed E-state index contributed by atoms with van der Waals surface area (Å²) in [6, 6.07) is 4.18. The Bertz CT molecular complexity index is 668. The van der Waals surface area contributed by atoms with Crippen LogP contribution < -0.4 is 10.6 Å². The van der Waals surface area contributed by atoms with Crippen LogP contribution in [0.4, 0.5) is 11.4 Å². The van der Waals surface area contributed by atoms with Crippen LogP contribution in [-0.4, -0.2) is 10.9 Å². The van der Waals surface area contributed by atoms with E-state index in [2.05, 4.69) is 28.6 Å². The first-order valence-corrected chi connectivity index (χ1v) is 7.59. The maximum atomic E-state index is 11.6. The highest BCUT2D eigenvalue weighted by Crippen LogP contribution is 2.32. The summed E-state index contributed by atoms with van der Waals surface area (Å²) in [7, 11) is 0. The molecule has 0 saturated heterocycles. The van der Waals surface area contributed by atoms with Crippen molar-refractivity contribution in [1.29, 1.82) is 0 Å². The number of nitrogens with zero attached hydrogens (tertiary/aromatic N) is 1. The number of carbonyl (C=O) groups excluding carboxylic acids is 1. The zero-order valence-electron chi connectivity index (χ0n) is 11.0. The van der Waals surface area contributed by atoms with E-state index in [1.165, 1.54) is 22.5 Å². The third-order valence-corrected chi connectivity index (χ3v) is 4.34. The van der Waals surface area contributed by atoms with Crippen molar-refractivity contribution in [3.63, 3.8) is 0 Å². The highest BCUT2D eigenvalue weighted by atomic mass is 35.5. The molecule has 0 saturated carbocycles. The minimum absolute atomic E-state index is 0.0743. The van der Waals surface area contributed by atoms with Gasteiger partial charge in [0.15, 0.2) is 4.47 Å². The van der Waals surface area contributed by atoms with Gasteiger partial charge in [-0.2, -0.15) is 0 Å². The van der Waals surface area contributed by atoms with E-state index in [1.807, 2.05) is 6.07 Å². The Hall–Kier alpha value is -1.59. The van der Waals surface area contributed by atoms with Crippen molar-refractivity contribution < 1.29 is 4.79 Å². The first kappa shape index (κ1) is 13.4. The zero-order chi connectivity index (χ0) is 14.1. The topological polar surface area (TPSA) is 54.0 Å². The molecule has 104 valence electrons. The molecular weight excluding hydrogens is 294 g/mol. The molecule has 1 amide bonds. The van der Waals surface area contributed by atoms with E-state index >= 15 is 0 Å². The smallest absolute Gasteiger partial charge is 0.224 e. The van der Waals surface area contributed by atoms with E-state index in [1.54, 1.807) is 6.20 Å². The van der Waals surface area contributed by atoms with Gasteiger partial charge in [-0.05, 0) is 30.5 Å². The Morgan fingerprint density at radius 1 is 1.45 bits per heavy atom. The second-order valence-corrected chi connectivity index (χ2v) is 6.53. The molecule has 1 aromatic carbocycles. The molecule has 3 rings (SSSR count). The quantitative estimate of drug-likeness (QED) is 0.911. The van der Waals surface area contributed by atoms with E-state index in [0.29, 0.717) is 17.4 Å². The Morgan fingerprint density at radius 3 is 3.05 bits per heavy atom. The molecule has 1 aliphatic heterocycles. The molecule has 0 radical (unpaired) electrons. The lowest BCUT2D eigenvalue weighted by molar-refractivity contribution is -0.116. The fraction of sp³-hybridized carbons (Fsp3) is 0.286. The molecule has 6 heteroatoms. The maximum absolute atomic E-state index is 11.6. The monoisotopic (exact) mass is 307 g/mol. The third kappa shape index (κ3) is 2.78. The summed E-state index contributed by atoms with van der Waals surface area (Å²) in [6.45, 7) is 2.71. The molecule has 0 bridgehead atoms. The minimum atomic E-state index is 0.0743. The number of hydrogen-bond donors (Lipinski definition) is 2. The third-order valence-electron chi connectivity index (χ3n) is 3.23. The second-order valence-electron chi connectivity index (χ2n) is 4.83. The predicted molar refractivity (Wildman–Crippen MR) is 82.6 cm³/mol. The van der Waals surface area contributed by atoms with Gasteiger partial charge >= 0.3 is 0 Å². The number of aromatic nitrogens is 1. The molecule has 0 aliphatic carbocycles. The lowest BCUT2D eigenvalue weighted by Crippen LogP contribution is -2.20. The van der Waals surface area contributed by atoms with Crippen LogP contribution in [0, 0.1) is 6.92 Å². The summed E-state index contributed by atoms with van der Waals surface area (Å²) in [6.07, 6.45) is 3.12. The van der Waals surface area contributed by atoms with Crippen LogP contribution in [0.25, 0.3) is 0 Å². The number of hydrogen-bond acceptors (Lipinski definition) is 4. The van der Waals surface area contributed by atoms with Crippen molar-refractivity contribution in [3.05, 3.63) is 38.8 Å². The molecule has 2 aromatic rings. The molecule has 20 heavy (non-hydrogen) atoms. The van der Waals surface area contributed by atoms with E-state index in [4.69, 9.17) is 11.6 Å². The molecule has 2 N–H and O–H groups in total. The minimum Gasteiger partial charge on any atom is -0.378 e. The van der Waals surface area contributed by atoms with Gasteiger partial charge in [-0.1, -0.05) is 17.7 Å². The lowest BCUT2D eigenvalue weighted by Gasteiger charge is -2.21. The average Bonchev–Trinajstić information content (AvgIpc) is 2.82. The second kappa shape index (κ2) is 5.42. The van der Waals surface area contributed by atoms with Gasteiger partial charge in [0.1, 0.15) is 0 Å². The molecule has 1 aliphatic rings. The van der Waals surface area contributed by atoms with Crippen LogP contribution in [0.2, 0.25) is 4.47 Å². The van der Waals surface area contributed by atoms with Gasteiger partial charge in [0.2, 0.25) is 5.91 Å². The van der Waals surface area contributed by atoms with Gasteiger partial charge in [0.05, 0.1) is 17.9 Å². The van der Waals surface area contributed by atoms with Gasteiger partial charge in [-0.15, -0.1) is 11.3 Å². The highest BCUT2D eigenvalue weighted by Gasteiger charge is 2.18. The summed E-state index contributed by atoms with van der Waals surface area (Å²) in [4.78, 5) is 16.7. The van der Waals surface area contributed by atoms with Gasteiger partial charge in [-0.3, -0.25) is 4.79 Å². The normalized spacial score (nSPS) is 13.8. The van der Waals surface area contributed by atoms with Crippen molar-refractivity contribution in [2.24, 2.45) is 0 Å². The molecule has 0 spiro atoms. The van der Waals surface area contributed by atoms with E-state index in [0.717, 1.165) is 22.7 Å². The van der Waals surface area contributed by atoms with Crippen LogP contribution in [-0.2, 0) is 17.8 Å². The number of rotatable bonds is 3. The molecule has 0 atom stereocenters. The zero-order valence-corrected chi connectivity index (χ0v) is 12.6. The molecular formula is C14H14ClN3OS. The fourth-order valence-electron chi connectivity index (χ4n) is 2.34. The van der Waals surface area contributed by atoms with Crippen LogP contribution in [0.3, 0.4) is 0 Å². The Labute approximate surface area is 126 Å². The standard InChI is InChI=1S/C14H14ClN3OS/c1-8-4-9-2-3-12(19)18-13(9)11(5-8)16-6-10-7-17-14(15)20-10/h4-5,7,16H,2-3,6H2,1H3,(H,18,19). The Morgan fingerprint density at radius 2 is 2.30 bits per heavy atom. The lowest BCUT2D eigenvalue weighted by atomic mass is 9.99. The number of benzene rings is 1. The number of anilines is 2. The van der Waals surface area contributed by atoms with Crippen LogP contribution >= 0.6 is 22.9 Å². The van der Waals surface area contributed by atoms with Crippen molar-refractivity contribution >= 4 is 40.2 Å². The number of amides is 1.